The van der Waals surface area contributed by atoms with Gasteiger partial charge in [-0.1, -0.05) is 42.5 Å². The lowest BCUT2D eigenvalue weighted by atomic mass is 10.1. The Morgan fingerprint density at radius 1 is 1.00 bits per heavy atom. The average Bonchev–Trinajstić information content (AvgIpc) is 3.10. The van der Waals surface area contributed by atoms with E-state index < -0.39 is 0 Å². The molecule has 2 aromatic carbocycles. The lowest BCUT2D eigenvalue weighted by molar-refractivity contribution is -0.119. The Bertz CT molecular complexity index is 734. The van der Waals surface area contributed by atoms with Gasteiger partial charge in [-0.05, 0) is 36.2 Å². The molecular formula is C18H17N3O. The Kier molecular flexibility index (Phi) is 4.01. The molecule has 22 heavy (non-hydrogen) atoms. The molecule has 0 fully saturated rings. The number of anilines is 1. The molecule has 1 N–H and O–H groups in total. The summed E-state index contributed by atoms with van der Waals surface area (Å²) in [6.45, 7) is 1.82. The molecule has 0 radical (unpaired) electrons. The van der Waals surface area contributed by atoms with E-state index in [0.29, 0.717) is 0 Å². The maximum Gasteiger partial charge on any atom is 0.248 e. The maximum absolute atomic E-state index is 12.2. The van der Waals surface area contributed by atoms with Gasteiger partial charge in [0.25, 0.3) is 0 Å². The normalized spacial score (nSPS) is 11.9. The summed E-state index contributed by atoms with van der Waals surface area (Å²) in [6.07, 6.45) is 3.45. The lowest BCUT2D eigenvalue weighted by Crippen LogP contribution is -2.23. The van der Waals surface area contributed by atoms with Crippen molar-refractivity contribution in [1.82, 2.24) is 9.78 Å². The van der Waals surface area contributed by atoms with E-state index in [0.717, 1.165) is 16.8 Å². The fourth-order valence-electron chi connectivity index (χ4n) is 2.25. The van der Waals surface area contributed by atoms with Crippen LogP contribution in [0, 0.1) is 0 Å². The number of carbonyl (C=O) groups is 1. The van der Waals surface area contributed by atoms with Gasteiger partial charge in [-0.15, -0.1) is 0 Å². The van der Waals surface area contributed by atoms with Crippen molar-refractivity contribution in [3.63, 3.8) is 0 Å². The van der Waals surface area contributed by atoms with Gasteiger partial charge < -0.3 is 5.32 Å². The number of hydrogen-bond acceptors (Lipinski definition) is 2. The highest BCUT2D eigenvalue weighted by Gasteiger charge is 2.14. The van der Waals surface area contributed by atoms with Crippen molar-refractivity contribution in [2.75, 3.05) is 5.32 Å². The molecule has 0 aliphatic carbocycles. The van der Waals surface area contributed by atoms with Gasteiger partial charge in [-0.3, -0.25) is 9.48 Å². The van der Waals surface area contributed by atoms with Gasteiger partial charge in [-0.2, -0.15) is 5.10 Å². The minimum atomic E-state index is -0.344. The van der Waals surface area contributed by atoms with Crippen molar-refractivity contribution >= 4 is 11.6 Å². The van der Waals surface area contributed by atoms with Gasteiger partial charge in [-0.25, -0.2) is 0 Å². The van der Waals surface area contributed by atoms with E-state index in [4.69, 9.17) is 0 Å². The molecular weight excluding hydrogens is 274 g/mol. The molecule has 3 rings (SSSR count). The third-order valence-electron chi connectivity index (χ3n) is 3.56. The van der Waals surface area contributed by atoms with Crippen LogP contribution >= 0.6 is 0 Å². The largest absolute Gasteiger partial charge is 0.324 e. The molecule has 110 valence electrons. The fourth-order valence-corrected chi connectivity index (χ4v) is 2.25. The Hall–Kier alpha value is -2.88. The van der Waals surface area contributed by atoms with Gasteiger partial charge >= 0.3 is 0 Å². The first-order valence-electron chi connectivity index (χ1n) is 7.19. The van der Waals surface area contributed by atoms with Crippen LogP contribution in [0.4, 0.5) is 5.69 Å². The Labute approximate surface area is 129 Å². The molecule has 1 heterocycles. The van der Waals surface area contributed by atoms with Crippen LogP contribution in [0.2, 0.25) is 0 Å². The van der Waals surface area contributed by atoms with Gasteiger partial charge in [0.2, 0.25) is 5.91 Å². The summed E-state index contributed by atoms with van der Waals surface area (Å²) >= 11 is 0. The van der Waals surface area contributed by atoms with Crippen LogP contribution in [0.3, 0.4) is 0 Å². The van der Waals surface area contributed by atoms with E-state index >= 15 is 0 Å². The van der Waals surface area contributed by atoms with Crippen molar-refractivity contribution in [2.24, 2.45) is 0 Å². The van der Waals surface area contributed by atoms with E-state index in [-0.39, 0.29) is 11.9 Å². The second-order valence-electron chi connectivity index (χ2n) is 5.09. The second-order valence-corrected chi connectivity index (χ2v) is 5.09. The lowest BCUT2D eigenvalue weighted by Gasteiger charge is -2.13. The summed E-state index contributed by atoms with van der Waals surface area (Å²) in [4.78, 5) is 12.2. The van der Waals surface area contributed by atoms with Gasteiger partial charge in [0.1, 0.15) is 6.04 Å². The highest BCUT2D eigenvalue weighted by Crippen LogP contribution is 2.21. The fraction of sp³-hybridized carbons (Fsp3) is 0.111. The van der Waals surface area contributed by atoms with Gasteiger partial charge in [0.15, 0.2) is 0 Å². The number of benzene rings is 2. The predicted octanol–water partition coefficient (Wildman–Crippen LogP) is 3.75. The SMILES string of the molecule is CC(C(=O)Nc1ccc(-c2ccccc2)cc1)n1cccn1. The van der Waals surface area contributed by atoms with Crippen molar-refractivity contribution in [3.8, 4) is 11.1 Å². The standard InChI is InChI=1S/C18H17N3O/c1-14(21-13-5-12-19-21)18(22)20-17-10-8-16(9-11-17)15-6-3-2-4-7-15/h2-14H,1H3,(H,20,22). The topological polar surface area (TPSA) is 46.9 Å². The number of aromatic nitrogens is 2. The quantitative estimate of drug-likeness (QED) is 0.795. The first kappa shape index (κ1) is 14.1. The van der Waals surface area contributed by atoms with Crippen LogP contribution in [0.25, 0.3) is 11.1 Å². The molecule has 0 bridgehead atoms. The Morgan fingerprint density at radius 2 is 1.68 bits per heavy atom. The molecule has 0 aliphatic rings. The number of carbonyl (C=O) groups excluding carboxylic acids is 1. The zero-order valence-electron chi connectivity index (χ0n) is 12.3. The van der Waals surface area contributed by atoms with Gasteiger partial charge in [0, 0.05) is 18.1 Å². The molecule has 1 amide bonds. The summed E-state index contributed by atoms with van der Waals surface area (Å²) < 4.78 is 1.63. The number of nitrogens with one attached hydrogen (secondary N) is 1. The molecule has 0 saturated carbocycles. The van der Waals surface area contributed by atoms with E-state index in [9.17, 15) is 4.79 Å². The number of nitrogens with zero attached hydrogens (tertiary/aromatic N) is 2. The van der Waals surface area contributed by atoms with E-state index in [1.807, 2.05) is 49.4 Å². The zero-order chi connectivity index (χ0) is 15.4. The average molecular weight is 291 g/mol. The molecule has 4 heteroatoms. The van der Waals surface area contributed by atoms with E-state index in [1.165, 1.54) is 0 Å². The molecule has 1 atom stereocenters. The molecule has 0 spiro atoms. The van der Waals surface area contributed by atoms with Crippen molar-refractivity contribution < 1.29 is 4.79 Å². The van der Waals surface area contributed by atoms with E-state index in [1.54, 1.807) is 23.1 Å². The third kappa shape index (κ3) is 3.06. The number of amides is 1. The highest BCUT2D eigenvalue weighted by atomic mass is 16.2. The summed E-state index contributed by atoms with van der Waals surface area (Å²) in [5.41, 5.74) is 3.06. The summed E-state index contributed by atoms with van der Waals surface area (Å²) in [6, 6.07) is 19.4. The molecule has 0 saturated heterocycles. The first-order valence-corrected chi connectivity index (χ1v) is 7.19. The third-order valence-corrected chi connectivity index (χ3v) is 3.56. The Morgan fingerprint density at radius 3 is 2.32 bits per heavy atom. The zero-order valence-corrected chi connectivity index (χ0v) is 12.3. The molecule has 1 unspecified atom stereocenters. The minimum Gasteiger partial charge on any atom is -0.324 e. The number of rotatable bonds is 4. The molecule has 1 aromatic heterocycles. The molecule has 4 nitrogen and oxygen atoms in total. The maximum atomic E-state index is 12.2. The highest BCUT2D eigenvalue weighted by molar-refractivity contribution is 5.93. The van der Waals surface area contributed by atoms with Crippen LogP contribution < -0.4 is 5.32 Å². The van der Waals surface area contributed by atoms with Crippen LogP contribution in [0.1, 0.15) is 13.0 Å². The number of hydrogen-bond donors (Lipinski definition) is 1. The summed E-state index contributed by atoms with van der Waals surface area (Å²) in [5, 5.41) is 7.00. The molecule has 0 aliphatic heterocycles. The van der Waals surface area contributed by atoms with Crippen LogP contribution in [-0.4, -0.2) is 15.7 Å². The van der Waals surface area contributed by atoms with E-state index in [2.05, 4.69) is 22.5 Å². The van der Waals surface area contributed by atoms with Crippen LogP contribution in [-0.2, 0) is 4.79 Å². The smallest absolute Gasteiger partial charge is 0.248 e. The van der Waals surface area contributed by atoms with Crippen LogP contribution in [0.15, 0.2) is 73.1 Å². The first-order chi connectivity index (χ1) is 10.7. The van der Waals surface area contributed by atoms with Gasteiger partial charge in [0.05, 0.1) is 0 Å². The monoisotopic (exact) mass is 291 g/mol. The van der Waals surface area contributed by atoms with Crippen molar-refractivity contribution in [2.45, 2.75) is 13.0 Å². The minimum absolute atomic E-state index is 0.0869. The summed E-state index contributed by atoms with van der Waals surface area (Å²) in [5.74, 6) is -0.0869. The molecule has 3 aromatic rings. The van der Waals surface area contributed by atoms with Crippen molar-refractivity contribution in [1.29, 1.82) is 0 Å². The predicted molar refractivity (Wildman–Crippen MR) is 87.4 cm³/mol. The summed E-state index contributed by atoms with van der Waals surface area (Å²) in [7, 11) is 0. The Balaban J connectivity index is 1.70. The second kappa shape index (κ2) is 6.26. The van der Waals surface area contributed by atoms with Crippen LogP contribution in [0.5, 0.6) is 0 Å². The van der Waals surface area contributed by atoms with Crippen molar-refractivity contribution in [3.05, 3.63) is 73.1 Å².